The third-order valence-electron chi connectivity index (χ3n) is 1.63. The van der Waals surface area contributed by atoms with Gasteiger partial charge in [0.2, 0.25) is 0 Å². The van der Waals surface area contributed by atoms with Gasteiger partial charge in [-0.15, -0.1) is 26.9 Å². The van der Waals surface area contributed by atoms with Gasteiger partial charge >= 0.3 is 0 Å². The monoisotopic (exact) mass is 246 g/mol. The number of hydrogen-bond donors (Lipinski definition) is 0. The first-order valence-corrected chi connectivity index (χ1v) is 5.98. The van der Waals surface area contributed by atoms with Crippen LogP contribution >= 0.6 is 34.5 Å². The second kappa shape index (κ2) is 3.88. The number of nitrogens with zero attached hydrogens (tertiary/aromatic N) is 4. The van der Waals surface area contributed by atoms with Gasteiger partial charge in [-0.3, -0.25) is 0 Å². The maximum Gasteiger partial charge on any atom is 0.161 e. The van der Waals surface area contributed by atoms with Crippen molar-refractivity contribution in [3.8, 4) is 9.88 Å². The molecule has 7 heteroatoms. The Morgan fingerprint density at radius 1 is 1.29 bits per heavy atom. The summed E-state index contributed by atoms with van der Waals surface area (Å²) < 4.78 is 3.85. The van der Waals surface area contributed by atoms with Gasteiger partial charge in [0.25, 0.3) is 0 Å². The summed E-state index contributed by atoms with van der Waals surface area (Å²) in [6, 6.07) is 0. The molecule has 0 radical (unpaired) electrons. The Hall–Kier alpha value is -0.590. The van der Waals surface area contributed by atoms with E-state index in [1.807, 2.05) is 13.8 Å². The van der Waals surface area contributed by atoms with Crippen LogP contribution in [0.2, 0.25) is 0 Å². The van der Waals surface area contributed by atoms with Crippen molar-refractivity contribution in [2.45, 2.75) is 19.2 Å². The van der Waals surface area contributed by atoms with Crippen LogP contribution in [0.15, 0.2) is 0 Å². The fourth-order valence-electron chi connectivity index (χ4n) is 0.915. The lowest BCUT2D eigenvalue weighted by Gasteiger charge is -1.91. The number of aryl methyl sites for hydroxylation is 1. The first-order valence-electron chi connectivity index (χ1n) is 3.95. The summed E-state index contributed by atoms with van der Waals surface area (Å²) >= 11 is 8.72. The average molecular weight is 247 g/mol. The molecule has 0 fully saturated rings. The number of alkyl halides is 1. The molecule has 0 aliphatic heterocycles. The zero-order chi connectivity index (χ0) is 10.1. The number of aromatic nitrogens is 4. The van der Waals surface area contributed by atoms with Crippen molar-refractivity contribution in [3.05, 3.63) is 10.7 Å². The lowest BCUT2D eigenvalue weighted by Crippen LogP contribution is -1.80. The molecule has 0 spiro atoms. The topological polar surface area (TPSA) is 51.6 Å². The van der Waals surface area contributed by atoms with Crippen LogP contribution in [-0.2, 0) is 0 Å². The van der Waals surface area contributed by atoms with Gasteiger partial charge in [0, 0.05) is 0 Å². The Morgan fingerprint density at radius 3 is 2.57 bits per heavy atom. The minimum Gasteiger partial charge on any atom is -0.143 e. The minimum atomic E-state index is -0.0950. The summed E-state index contributed by atoms with van der Waals surface area (Å²) in [6.07, 6.45) is 0. The third kappa shape index (κ3) is 1.77. The van der Waals surface area contributed by atoms with Crippen LogP contribution in [-0.4, -0.2) is 19.8 Å². The minimum absolute atomic E-state index is 0.0950. The van der Waals surface area contributed by atoms with Crippen LogP contribution in [0.25, 0.3) is 9.88 Å². The summed E-state index contributed by atoms with van der Waals surface area (Å²) in [6.45, 7) is 3.79. The predicted octanol–water partition coefficient (Wildman–Crippen LogP) is 2.66. The molecule has 2 heterocycles. The second-order valence-corrected chi connectivity index (χ2v) is 5.17. The zero-order valence-electron chi connectivity index (χ0n) is 7.56. The van der Waals surface area contributed by atoms with Crippen molar-refractivity contribution in [1.29, 1.82) is 0 Å². The van der Waals surface area contributed by atoms with Gasteiger partial charge < -0.3 is 0 Å². The molecule has 0 amide bonds. The molecule has 2 aromatic heterocycles. The van der Waals surface area contributed by atoms with Crippen molar-refractivity contribution in [2.75, 3.05) is 0 Å². The van der Waals surface area contributed by atoms with E-state index in [9.17, 15) is 0 Å². The molecule has 14 heavy (non-hydrogen) atoms. The molecule has 0 saturated heterocycles. The highest BCUT2D eigenvalue weighted by molar-refractivity contribution is 7.19. The molecule has 1 unspecified atom stereocenters. The second-order valence-electron chi connectivity index (χ2n) is 2.75. The summed E-state index contributed by atoms with van der Waals surface area (Å²) in [5.41, 5.74) is 0.889. The Balaban J connectivity index is 2.39. The maximum atomic E-state index is 5.90. The average Bonchev–Trinajstić information content (AvgIpc) is 2.71. The first kappa shape index (κ1) is 9.95. The summed E-state index contributed by atoms with van der Waals surface area (Å²) in [5, 5.41) is 13.6. The molecule has 0 aliphatic carbocycles. The van der Waals surface area contributed by atoms with Crippen LogP contribution in [0.3, 0.4) is 0 Å². The van der Waals surface area contributed by atoms with Gasteiger partial charge in [-0.1, -0.05) is 15.8 Å². The summed E-state index contributed by atoms with van der Waals surface area (Å²) in [7, 11) is 0. The first-order chi connectivity index (χ1) is 6.68. The SMILES string of the molecule is Cc1nnsc1-c1nnc(C(C)Cl)s1. The third-order valence-corrected chi connectivity index (χ3v) is 4.05. The van der Waals surface area contributed by atoms with E-state index >= 15 is 0 Å². The molecule has 1 atom stereocenters. The van der Waals surface area contributed by atoms with Gasteiger partial charge in [-0.05, 0) is 25.4 Å². The Morgan fingerprint density at radius 2 is 2.07 bits per heavy atom. The van der Waals surface area contributed by atoms with E-state index in [-0.39, 0.29) is 5.38 Å². The number of hydrogen-bond acceptors (Lipinski definition) is 6. The lowest BCUT2D eigenvalue weighted by atomic mass is 10.4. The molecule has 0 aromatic carbocycles. The van der Waals surface area contributed by atoms with E-state index in [0.29, 0.717) is 0 Å². The molecule has 0 bridgehead atoms. The quantitative estimate of drug-likeness (QED) is 0.765. The van der Waals surface area contributed by atoms with E-state index in [2.05, 4.69) is 19.8 Å². The number of rotatable bonds is 2. The molecule has 0 N–H and O–H groups in total. The van der Waals surface area contributed by atoms with Gasteiger partial charge in [0.15, 0.2) is 5.01 Å². The Bertz CT molecular complexity index is 436. The maximum absolute atomic E-state index is 5.90. The largest absolute Gasteiger partial charge is 0.161 e. The highest BCUT2D eigenvalue weighted by atomic mass is 35.5. The molecule has 4 nitrogen and oxygen atoms in total. The molecule has 2 rings (SSSR count). The molecule has 0 aliphatic rings. The highest BCUT2D eigenvalue weighted by Gasteiger charge is 2.14. The van der Waals surface area contributed by atoms with Crippen LogP contribution in [0, 0.1) is 6.92 Å². The van der Waals surface area contributed by atoms with Crippen molar-refractivity contribution in [3.63, 3.8) is 0 Å². The van der Waals surface area contributed by atoms with Crippen molar-refractivity contribution >= 4 is 34.5 Å². The molecule has 74 valence electrons. The fraction of sp³-hybridized carbons (Fsp3) is 0.429. The van der Waals surface area contributed by atoms with E-state index in [4.69, 9.17) is 11.6 Å². The zero-order valence-corrected chi connectivity index (χ0v) is 9.95. The van der Waals surface area contributed by atoms with Crippen LogP contribution < -0.4 is 0 Å². The fourth-order valence-corrected chi connectivity index (χ4v) is 2.63. The lowest BCUT2D eigenvalue weighted by molar-refractivity contribution is 0.962. The summed E-state index contributed by atoms with van der Waals surface area (Å²) in [5.74, 6) is 0. The summed E-state index contributed by atoms with van der Waals surface area (Å²) in [4.78, 5) is 0.978. The smallest absolute Gasteiger partial charge is 0.143 e. The predicted molar refractivity (Wildman–Crippen MR) is 57.8 cm³/mol. The van der Waals surface area contributed by atoms with Gasteiger partial charge in [0.05, 0.1) is 11.1 Å². The van der Waals surface area contributed by atoms with E-state index in [1.165, 1.54) is 22.9 Å². The normalized spacial score (nSPS) is 13.1. The van der Waals surface area contributed by atoms with Gasteiger partial charge in [-0.2, -0.15) is 0 Å². The van der Waals surface area contributed by atoms with Crippen LogP contribution in [0.1, 0.15) is 23.0 Å². The molecular weight excluding hydrogens is 240 g/mol. The number of halogens is 1. The van der Waals surface area contributed by atoms with E-state index in [1.54, 1.807) is 0 Å². The van der Waals surface area contributed by atoms with Crippen LogP contribution in [0.4, 0.5) is 0 Å². The van der Waals surface area contributed by atoms with Crippen LogP contribution in [0.5, 0.6) is 0 Å². The van der Waals surface area contributed by atoms with Gasteiger partial charge in [0.1, 0.15) is 9.88 Å². The van der Waals surface area contributed by atoms with Crippen molar-refractivity contribution in [1.82, 2.24) is 19.8 Å². The Kier molecular flexibility index (Phi) is 2.76. The standard InChI is InChI=1S/C7H7ClN4S2/c1-3(8)6-10-11-7(13-6)5-4(2)9-12-14-5/h3H,1-2H3. The van der Waals surface area contributed by atoms with E-state index in [0.717, 1.165) is 20.6 Å². The Labute approximate surface area is 94.1 Å². The molecule has 2 aromatic rings. The van der Waals surface area contributed by atoms with Crippen molar-refractivity contribution < 1.29 is 0 Å². The van der Waals surface area contributed by atoms with Crippen molar-refractivity contribution in [2.24, 2.45) is 0 Å². The van der Waals surface area contributed by atoms with Gasteiger partial charge in [-0.25, -0.2) is 0 Å². The van der Waals surface area contributed by atoms with E-state index < -0.39 is 0 Å². The molecular formula is C7H7ClN4S2. The molecule has 0 saturated carbocycles. The highest BCUT2D eigenvalue weighted by Crippen LogP contribution is 2.32.